The number of hydrogen-bond acceptors (Lipinski definition) is 4. The number of carbonyl (C=O) groups excluding carboxylic acids is 2. The predicted molar refractivity (Wildman–Crippen MR) is 106 cm³/mol. The number of alkyl carbamates (subject to hydrolysis) is 1. The minimum absolute atomic E-state index is 0.0699. The molecule has 148 valence electrons. The van der Waals surface area contributed by atoms with Crippen molar-refractivity contribution in [2.45, 2.75) is 64.1 Å². The summed E-state index contributed by atoms with van der Waals surface area (Å²) in [6.07, 6.45) is 2.79. The lowest BCUT2D eigenvalue weighted by atomic mass is 9.91. The Morgan fingerprint density at radius 1 is 1.11 bits per heavy atom. The van der Waals surface area contributed by atoms with Gasteiger partial charge in [0.2, 0.25) is 0 Å². The molecule has 1 heterocycles. The van der Waals surface area contributed by atoms with E-state index >= 15 is 0 Å². The molecular weight excluding hydrogens is 356 g/mol. The molecule has 1 aliphatic rings. The van der Waals surface area contributed by atoms with Gasteiger partial charge in [0.1, 0.15) is 11.3 Å². The van der Waals surface area contributed by atoms with Crippen LogP contribution in [0, 0.1) is 11.3 Å². The third-order valence-electron chi connectivity index (χ3n) is 4.78. The second-order valence-corrected chi connectivity index (χ2v) is 8.27. The van der Waals surface area contributed by atoms with Crippen LogP contribution in [-0.2, 0) is 4.74 Å². The third kappa shape index (κ3) is 5.03. The van der Waals surface area contributed by atoms with E-state index in [1.54, 1.807) is 18.2 Å². The Kier molecular flexibility index (Phi) is 5.59. The van der Waals surface area contributed by atoms with E-state index in [0.717, 1.165) is 36.6 Å². The van der Waals surface area contributed by atoms with Gasteiger partial charge in [0, 0.05) is 23.0 Å². The van der Waals surface area contributed by atoms with Gasteiger partial charge < -0.3 is 20.4 Å². The lowest BCUT2D eigenvalue weighted by Gasteiger charge is -2.30. The topological polar surface area (TPSA) is 107 Å². The molecule has 1 aromatic heterocycles. The van der Waals surface area contributed by atoms with E-state index in [9.17, 15) is 9.59 Å². The van der Waals surface area contributed by atoms with Gasteiger partial charge in [0.05, 0.1) is 11.6 Å². The molecule has 2 aromatic rings. The fraction of sp³-hybridized carbons (Fsp3) is 0.476. The highest BCUT2D eigenvalue weighted by Crippen LogP contribution is 2.21. The van der Waals surface area contributed by atoms with Crippen molar-refractivity contribution in [3.05, 3.63) is 35.5 Å². The summed E-state index contributed by atoms with van der Waals surface area (Å²) < 4.78 is 5.29. The van der Waals surface area contributed by atoms with Crippen molar-refractivity contribution in [2.75, 3.05) is 0 Å². The molecule has 0 unspecified atom stereocenters. The molecule has 0 aliphatic heterocycles. The molecule has 1 saturated carbocycles. The number of carbonyl (C=O) groups is 2. The fourth-order valence-corrected chi connectivity index (χ4v) is 3.44. The van der Waals surface area contributed by atoms with Gasteiger partial charge in [0.15, 0.2) is 0 Å². The molecule has 3 N–H and O–H groups in total. The molecule has 0 bridgehead atoms. The van der Waals surface area contributed by atoms with E-state index in [1.165, 1.54) is 0 Å². The van der Waals surface area contributed by atoms with E-state index in [0.29, 0.717) is 11.3 Å². The summed E-state index contributed by atoms with van der Waals surface area (Å²) in [7, 11) is 0. The molecule has 28 heavy (non-hydrogen) atoms. The Morgan fingerprint density at radius 2 is 1.75 bits per heavy atom. The van der Waals surface area contributed by atoms with Crippen molar-refractivity contribution in [1.82, 2.24) is 15.6 Å². The van der Waals surface area contributed by atoms with Crippen molar-refractivity contribution >= 4 is 22.9 Å². The van der Waals surface area contributed by atoms with Crippen LogP contribution in [0.2, 0.25) is 0 Å². The van der Waals surface area contributed by atoms with Gasteiger partial charge in [-0.25, -0.2) is 4.79 Å². The predicted octanol–water partition coefficient (Wildman–Crippen LogP) is 3.61. The Morgan fingerprint density at radius 3 is 2.36 bits per heavy atom. The minimum atomic E-state index is -0.511. The Hall–Kier alpha value is -3.01. The number of nitrogens with zero attached hydrogens (tertiary/aromatic N) is 1. The van der Waals surface area contributed by atoms with E-state index < -0.39 is 11.7 Å². The third-order valence-corrected chi connectivity index (χ3v) is 4.78. The monoisotopic (exact) mass is 382 g/mol. The van der Waals surface area contributed by atoms with Crippen LogP contribution < -0.4 is 10.6 Å². The number of aromatic amines is 1. The molecule has 0 saturated heterocycles. The average Bonchev–Trinajstić information content (AvgIpc) is 3.05. The standard InChI is InChI=1S/C21H26N4O3/c1-21(2,3)28-20(27)24-16-8-6-15(7-9-16)23-19(26)18-11-14-5-4-13(12-22)10-17(14)25-18/h4-5,10-11,15-16,25H,6-9H2,1-3H3,(H,23,26)(H,24,27). The summed E-state index contributed by atoms with van der Waals surface area (Å²) in [5.41, 5.74) is 1.30. The maximum absolute atomic E-state index is 12.6. The number of aromatic nitrogens is 1. The molecule has 7 nitrogen and oxygen atoms in total. The van der Waals surface area contributed by atoms with Crippen molar-refractivity contribution < 1.29 is 14.3 Å². The molecule has 0 radical (unpaired) electrons. The number of fused-ring (bicyclic) bond motifs is 1. The molecule has 7 heteroatoms. The van der Waals surface area contributed by atoms with E-state index in [1.807, 2.05) is 26.8 Å². The van der Waals surface area contributed by atoms with Gasteiger partial charge >= 0.3 is 6.09 Å². The molecule has 1 aromatic carbocycles. The Labute approximate surface area is 164 Å². The largest absolute Gasteiger partial charge is 0.444 e. The normalized spacial score (nSPS) is 19.6. The van der Waals surface area contributed by atoms with Crippen molar-refractivity contribution in [3.63, 3.8) is 0 Å². The number of ether oxygens (including phenoxy) is 1. The zero-order chi connectivity index (χ0) is 20.3. The highest BCUT2D eigenvalue weighted by atomic mass is 16.6. The van der Waals surface area contributed by atoms with Crippen LogP contribution in [-0.4, -0.2) is 34.7 Å². The van der Waals surface area contributed by atoms with Gasteiger partial charge in [-0.05, 0) is 64.7 Å². The molecule has 1 aliphatic carbocycles. The van der Waals surface area contributed by atoms with Crippen LogP contribution in [0.3, 0.4) is 0 Å². The van der Waals surface area contributed by atoms with Gasteiger partial charge in [-0.2, -0.15) is 5.26 Å². The molecule has 0 spiro atoms. The zero-order valence-electron chi connectivity index (χ0n) is 16.5. The minimum Gasteiger partial charge on any atom is -0.444 e. The van der Waals surface area contributed by atoms with Crippen molar-refractivity contribution in [2.24, 2.45) is 0 Å². The van der Waals surface area contributed by atoms with Crippen LogP contribution in [0.25, 0.3) is 10.9 Å². The quantitative estimate of drug-likeness (QED) is 0.754. The number of rotatable bonds is 3. The van der Waals surface area contributed by atoms with Gasteiger partial charge in [-0.3, -0.25) is 4.79 Å². The molecule has 0 atom stereocenters. The Bertz CT molecular complexity index is 912. The molecule has 2 amide bonds. The highest BCUT2D eigenvalue weighted by molar-refractivity contribution is 5.98. The lowest BCUT2D eigenvalue weighted by molar-refractivity contribution is 0.0488. The number of nitrogens with one attached hydrogen (secondary N) is 3. The van der Waals surface area contributed by atoms with Crippen LogP contribution >= 0.6 is 0 Å². The first-order valence-corrected chi connectivity index (χ1v) is 9.57. The maximum atomic E-state index is 12.6. The number of hydrogen-bond donors (Lipinski definition) is 3. The van der Waals surface area contributed by atoms with Crippen molar-refractivity contribution in [1.29, 1.82) is 5.26 Å². The smallest absolute Gasteiger partial charge is 0.407 e. The van der Waals surface area contributed by atoms with E-state index in [4.69, 9.17) is 10.00 Å². The first-order chi connectivity index (χ1) is 13.2. The summed E-state index contributed by atoms with van der Waals surface area (Å²) >= 11 is 0. The summed E-state index contributed by atoms with van der Waals surface area (Å²) in [5, 5.41) is 15.8. The molecular formula is C21H26N4O3. The lowest BCUT2D eigenvalue weighted by Crippen LogP contribution is -2.45. The number of benzene rings is 1. The first kappa shape index (κ1) is 19.7. The number of amides is 2. The maximum Gasteiger partial charge on any atom is 0.407 e. The van der Waals surface area contributed by atoms with Gasteiger partial charge in [0.25, 0.3) is 5.91 Å². The highest BCUT2D eigenvalue weighted by Gasteiger charge is 2.26. The Balaban J connectivity index is 1.51. The number of nitriles is 1. The summed E-state index contributed by atoms with van der Waals surface area (Å²) in [4.78, 5) is 27.5. The SMILES string of the molecule is CC(C)(C)OC(=O)NC1CCC(NC(=O)c2cc3ccc(C#N)cc3[nH]2)CC1. The second-order valence-electron chi connectivity index (χ2n) is 8.27. The van der Waals surface area contributed by atoms with E-state index in [-0.39, 0.29) is 18.0 Å². The van der Waals surface area contributed by atoms with Crippen LogP contribution in [0.1, 0.15) is 62.5 Å². The zero-order valence-corrected chi connectivity index (χ0v) is 16.5. The summed E-state index contributed by atoms with van der Waals surface area (Å²) in [5.74, 6) is -0.154. The molecule has 1 fully saturated rings. The van der Waals surface area contributed by atoms with E-state index in [2.05, 4.69) is 21.7 Å². The second kappa shape index (κ2) is 7.93. The number of H-pyrrole nitrogens is 1. The fourth-order valence-electron chi connectivity index (χ4n) is 3.44. The van der Waals surface area contributed by atoms with Gasteiger partial charge in [-0.1, -0.05) is 6.07 Å². The summed E-state index contributed by atoms with van der Waals surface area (Å²) in [6, 6.07) is 9.33. The van der Waals surface area contributed by atoms with Crippen LogP contribution in [0.4, 0.5) is 4.79 Å². The van der Waals surface area contributed by atoms with Crippen LogP contribution in [0.15, 0.2) is 24.3 Å². The van der Waals surface area contributed by atoms with Crippen molar-refractivity contribution in [3.8, 4) is 6.07 Å². The van der Waals surface area contributed by atoms with Crippen LogP contribution in [0.5, 0.6) is 0 Å². The first-order valence-electron chi connectivity index (χ1n) is 9.57. The summed E-state index contributed by atoms with van der Waals surface area (Å²) in [6.45, 7) is 5.51. The average molecular weight is 382 g/mol. The molecule has 3 rings (SSSR count). The van der Waals surface area contributed by atoms with Gasteiger partial charge in [-0.15, -0.1) is 0 Å².